The van der Waals surface area contributed by atoms with E-state index in [0.29, 0.717) is 12.0 Å². The lowest BCUT2D eigenvalue weighted by molar-refractivity contribution is -0.000733. The first-order chi connectivity index (χ1) is 6.52. The van der Waals surface area contributed by atoms with E-state index in [1.165, 1.54) is 12.8 Å². The Kier molecular flexibility index (Phi) is 4.39. The lowest BCUT2D eigenvalue weighted by atomic mass is 9.87. The van der Waals surface area contributed by atoms with Crippen molar-refractivity contribution in [2.75, 3.05) is 6.61 Å². The molecule has 1 aliphatic heterocycles. The van der Waals surface area contributed by atoms with Gasteiger partial charge in [0.25, 0.3) is 0 Å². The van der Waals surface area contributed by atoms with E-state index in [-0.39, 0.29) is 0 Å². The Morgan fingerprint density at radius 2 is 2.21 bits per heavy atom. The van der Waals surface area contributed by atoms with Crippen molar-refractivity contribution in [3.05, 3.63) is 0 Å². The average Bonchev–Trinajstić information content (AvgIpc) is 2.56. The molecule has 0 spiro atoms. The van der Waals surface area contributed by atoms with Crippen LogP contribution in [0, 0.1) is 5.92 Å². The van der Waals surface area contributed by atoms with Crippen molar-refractivity contribution in [3.8, 4) is 0 Å². The third-order valence-corrected chi connectivity index (χ3v) is 3.48. The zero-order valence-electron chi connectivity index (χ0n) is 9.75. The number of aliphatic hydroxyl groups is 1. The summed E-state index contributed by atoms with van der Waals surface area (Å²) in [5, 5.41) is 10.0. The van der Waals surface area contributed by atoms with E-state index in [1.807, 2.05) is 6.92 Å². The lowest BCUT2D eigenvalue weighted by Crippen LogP contribution is -2.31. The van der Waals surface area contributed by atoms with Gasteiger partial charge in [0, 0.05) is 6.61 Å². The van der Waals surface area contributed by atoms with Crippen molar-refractivity contribution in [2.24, 2.45) is 5.92 Å². The smallest absolute Gasteiger partial charge is 0.0642 e. The van der Waals surface area contributed by atoms with Crippen LogP contribution in [0.25, 0.3) is 0 Å². The summed E-state index contributed by atoms with van der Waals surface area (Å²) < 4.78 is 5.55. The zero-order valence-corrected chi connectivity index (χ0v) is 9.75. The van der Waals surface area contributed by atoms with Gasteiger partial charge in [-0.3, -0.25) is 0 Å². The molecule has 0 bridgehead atoms. The van der Waals surface area contributed by atoms with E-state index in [4.69, 9.17) is 4.74 Å². The van der Waals surface area contributed by atoms with E-state index in [0.717, 1.165) is 25.9 Å². The van der Waals surface area contributed by atoms with Gasteiger partial charge in [0.15, 0.2) is 0 Å². The Bertz CT molecular complexity index is 158. The maximum absolute atomic E-state index is 10.0. The molecule has 0 aromatic carbocycles. The van der Waals surface area contributed by atoms with Crippen LogP contribution < -0.4 is 0 Å². The molecule has 0 aromatic heterocycles. The second-order valence-corrected chi connectivity index (χ2v) is 5.04. The molecular formula is C12H24O2. The largest absolute Gasteiger partial charge is 0.390 e. The van der Waals surface area contributed by atoms with Crippen LogP contribution in [-0.2, 0) is 4.74 Å². The van der Waals surface area contributed by atoms with Crippen molar-refractivity contribution in [3.63, 3.8) is 0 Å². The van der Waals surface area contributed by atoms with Gasteiger partial charge in [0.1, 0.15) is 0 Å². The SMILES string of the molecule is CC(C)C(C)(O)CCCC1CCCO1. The zero-order chi connectivity index (χ0) is 10.6. The summed E-state index contributed by atoms with van der Waals surface area (Å²) in [4.78, 5) is 0. The maximum Gasteiger partial charge on any atom is 0.0642 e. The molecule has 2 atom stereocenters. The lowest BCUT2D eigenvalue weighted by Gasteiger charge is -2.28. The number of hydrogen-bond donors (Lipinski definition) is 1. The Morgan fingerprint density at radius 3 is 2.71 bits per heavy atom. The van der Waals surface area contributed by atoms with Gasteiger partial charge in [0.05, 0.1) is 11.7 Å². The molecule has 1 heterocycles. The Balaban J connectivity index is 2.13. The standard InChI is InChI=1S/C12H24O2/c1-10(2)12(3,13)8-4-6-11-7-5-9-14-11/h10-11,13H,4-9H2,1-3H3. The summed E-state index contributed by atoms with van der Waals surface area (Å²) in [6.07, 6.45) is 5.98. The van der Waals surface area contributed by atoms with Gasteiger partial charge in [-0.1, -0.05) is 13.8 Å². The third-order valence-electron chi connectivity index (χ3n) is 3.48. The van der Waals surface area contributed by atoms with Crippen molar-refractivity contribution < 1.29 is 9.84 Å². The fourth-order valence-corrected chi connectivity index (χ4v) is 1.85. The summed E-state index contributed by atoms with van der Waals surface area (Å²) in [6, 6.07) is 0. The highest BCUT2D eigenvalue weighted by Crippen LogP contribution is 2.25. The quantitative estimate of drug-likeness (QED) is 0.739. The van der Waals surface area contributed by atoms with Crippen LogP contribution in [0.2, 0.25) is 0 Å². The first-order valence-corrected chi connectivity index (χ1v) is 5.86. The highest BCUT2D eigenvalue weighted by Gasteiger charge is 2.25. The normalized spacial score (nSPS) is 26.8. The highest BCUT2D eigenvalue weighted by molar-refractivity contribution is 4.77. The van der Waals surface area contributed by atoms with Gasteiger partial charge in [-0.05, 0) is 44.9 Å². The Labute approximate surface area is 87.7 Å². The Morgan fingerprint density at radius 1 is 1.50 bits per heavy atom. The van der Waals surface area contributed by atoms with Gasteiger partial charge in [-0.2, -0.15) is 0 Å². The Hall–Kier alpha value is -0.0800. The van der Waals surface area contributed by atoms with Crippen molar-refractivity contribution in [1.82, 2.24) is 0 Å². The third kappa shape index (κ3) is 3.58. The second kappa shape index (κ2) is 5.13. The topological polar surface area (TPSA) is 29.5 Å². The molecular weight excluding hydrogens is 176 g/mol. The number of rotatable bonds is 5. The van der Waals surface area contributed by atoms with Crippen LogP contribution in [-0.4, -0.2) is 23.4 Å². The fraction of sp³-hybridized carbons (Fsp3) is 1.00. The van der Waals surface area contributed by atoms with E-state index in [9.17, 15) is 5.11 Å². The monoisotopic (exact) mass is 200 g/mol. The molecule has 2 heteroatoms. The fourth-order valence-electron chi connectivity index (χ4n) is 1.85. The minimum Gasteiger partial charge on any atom is -0.390 e. The van der Waals surface area contributed by atoms with E-state index < -0.39 is 5.60 Å². The van der Waals surface area contributed by atoms with Crippen molar-refractivity contribution in [2.45, 2.75) is 64.6 Å². The first-order valence-electron chi connectivity index (χ1n) is 5.86. The summed E-state index contributed by atoms with van der Waals surface area (Å²) in [5.74, 6) is 0.340. The molecule has 2 nitrogen and oxygen atoms in total. The molecule has 1 fully saturated rings. The van der Waals surface area contributed by atoms with Crippen LogP contribution in [0.4, 0.5) is 0 Å². The van der Waals surface area contributed by atoms with Crippen LogP contribution in [0.1, 0.15) is 52.9 Å². The molecule has 0 aromatic rings. The maximum atomic E-state index is 10.0. The molecule has 1 N–H and O–H groups in total. The summed E-state index contributed by atoms with van der Waals surface area (Å²) >= 11 is 0. The molecule has 1 saturated heterocycles. The first kappa shape index (κ1) is 12.0. The number of hydrogen-bond acceptors (Lipinski definition) is 2. The highest BCUT2D eigenvalue weighted by atomic mass is 16.5. The summed E-state index contributed by atoms with van der Waals surface area (Å²) in [7, 11) is 0. The van der Waals surface area contributed by atoms with E-state index in [1.54, 1.807) is 0 Å². The van der Waals surface area contributed by atoms with Crippen LogP contribution in [0.3, 0.4) is 0 Å². The minimum absolute atomic E-state index is 0.340. The summed E-state index contributed by atoms with van der Waals surface area (Å²) in [6.45, 7) is 7.02. The van der Waals surface area contributed by atoms with Crippen LogP contribution in [0.15, 0.2) is 0 Å². The van der Waals surface area contributed by atoms with Crippen molar-refractivity contribution >= 4 is 0 Å². The molecule has 1 rings (SSSR count). The second-order valence-electron chi connectivity index (χ2n) is 5.04. The van der Waals surface area contributed by atoms with E-state index >= 15 is 0 Å². The average molecular weight is 200 g/mol. The molecule has 0 saturated carbocycles. The molecule has 84 valence electrons. The van der Waals surface area contributed by atoms with Gasteiger partial charge >= 0.3 is 0 Å². The van der Waals surface area contributed by atoms with Gasteiger partial charge in [-0.15, -0.1) is 0 Å². The van der Waals surface area contributed by atoms with Crippen molar-refractivity contribution in [1.29, 1.82) is 0 Å². The van der Waals surface area contributed by atoms with Gasteiger partial charge in [0.2, 0.25) is 0 Å². The van der Waals surface area contributed by atoms with Gasteiger partial charge < -0.3 is 9.84 Å². The summed E-state index contributed by atoms with van der Waals surface area (Å²) in [5.41, 5.74) is -0.501. The molecule has 14 heavy (non-hydrogen) atoms. The molecule has 0 radical (unpaired) electrons. The van der Waals surface area contributed by atoms with Crippen LogP contribution in [0.5, 0.6) is 0 Å². The molecule has 2 unspecified atom stereocenters. The molecule has 0 aliphatic carbocycles. The predicted molar refractivity (Wildman–Crippen MR) is 58.3 cm³/mol. The number of ether oxygens (including phenoxy) is 1. The molecule has 1 aliphatic rings. The van der Waals surface area contributed by atoms with Gasteiger partial charge in [-0.25, -0.2) is 0 Å². The predicted octanol–water partition coefficient (Wildman–Crippen LogP) is 2.74. The molecule has 0 amide bonds. The van der Waals surface area contributed by atoms with E-state index in [2.05, 4.69) is 13.8 Å². The minimum atomic E-state index is -0.501. The van der Waals surface area contributed by atoms with Crippen LogP contribution >= 0.6 is 0 Å².